The van der Waals surface area contributed by atoms with E-state index in [-0.39, 0.29) is 67.0 Å². The molecule has 3 heterocycles. The van der Waals surface area contributed by atoms with Crippen molar-refractivity contribution in [1.29, 1.82) is 0 Å². The van der Waals surface area contributed by atoms with Crippen LogP contribution < -0.4 is 14.2 Å². The van der Waals surface area contributed by atoms with E-state index in [1.807, 2.05) is 73.9 Å². The molecule has 0 aliphatic carbocycles. The summed E-state index contributed by atoms with van der Waals surface area (Å²) in [5, 5.41) is 0. The number of methoxy groups -OCH3 is 1. The number of halogens is 3. The third-order valence-corrected chi connectivity index (χ3v) is 9.31. The van der Waals surface area contributed by atoms with Crippen molar-refractivity contribution in [2.75, 3.05) is 53.0 Å². The molecular weight excluding hydrogens is 649 g/mol. The predicted octanol–water partition coefficient (Wildman–Crippen LogP) is 6.07. The predicted molar refractivity (Wildman–Crippen MR) is 185 cm³/mol. The first-order valence-corrected chi connectivity index (χ1v) is 17.3. The van der Waals surface area contributed by atoms with Gasteiger partial charge in [-0.05, 0) is 45.7 Å². The number of fused-ring (bicyclic) bond motifs is 1. The lowest BCUT2D eigenvalue weighted by atomic mass is 9.81. The lowest BCUT2D eigenvalue weighted by Crippen LogP contribution is -2.68. The average Bonchev–Trinajstić information content (AvgIpc) is 3.08. The highest BCUT2D eigenvalue weighted by Crippen LogP contribution is 2.38. The molecule has 2 aliphatic heterocycles. The number of hydrogen-bond acceptors (Lipinski definition) is 8. The van der Waals surface area contributed by atoms with E-state index in [0.717, 1.165) is 11.1 Å². The fourth-order valence-corrected chi connectivity index (χ4v) is 7.39. The molecule has 0 bridgehead atoms. The maximum absolute atomic E-state index is 13.9. The third-order valence-electron chi connectivity index (χ3n) is 9.31. The zero-order valence-electron chi connectivity index (χ0n) is 29.8. The molecule has 50 heavy (non-hydrogen) atoms. The van der Waals surface area contributed by atoms with Crippen molar-refractivity contribution in [2.24, 2.45) is 0 Å². The highest BCUT2D eigenvalue weighted by Gasteiger charge is 2.44. The Balaban J connectivity index is 1.55. The standard InChI is InChI=1S/C37H49F3N6O4/c1-7-49-35-41-33(48-6)30(34(42-35)50-24-37(38,39)40)22-43-20-29-21-44(36(47)46(25(2)3)26(4)5)18-19-45(29)31(23-43)32(27-14-10-8-11-15-27)28-16-12-9-13-17-28/h8-17,25-26,29,31-32H,7,18-24H2,1-6H3. The van der Waals surface area contributed by atoms with Gasteiger partial charge in [0.15, 0.2) is 6.61 Å². The molecule has 2 amide bonds. The number of rotatable bonds is 12. The highest BCUT2D eigenvalue weighted by molar-refractivity contribution is 5.75. The molecule has 2 aliphatic rings. The maximum atomic E-state index is 13.9. The van der Waals surface area contributed by atoms with Crippen molar-refractivity contribution in [3.05, 3.63) is 77.4 Å². The molecule has 0 N–H and O–H groups in total. The Hall–Kier alpha value is -4.10. The summed E-state index contributed by atoms with van der Waals surface area (Å²) in [5.74, 6) is -0.163. The van der Waals surface area contributed by atoms with Crippen molar-refractivity contribution in [3.63, 3.8) is 0 Å². The summed E-state index contributed by atoms with van der Waals surface area (Å²) in [6.07, 6.45) is -4.57. The Kier molecular flexibility index (Phi) is 12.1. The Morgan fingerprint density at radius 2 is 1.48 bits per heavy atom. The van der Waals surface area contributed by atoms with Crippen molar-refractivity contribution >= 4 is 6.03 Å². The second kappa shape index (κ2) is 16.3. The molecule has 5 rings (SSSR count). The zero-order valence-corrected chi connectivity index (χ0v) is 29.8. The fourth-order valence-electron chi connectivity index (χ4n) is 7.39. The van der Waals surface area contributed by atoms with Gasteiger partial charge in [0.25, 0.3) is 0 Å². The number of benzene rings is 2. The summed E-state index contributed by atoms with van der Waals surface area (Å²) in [6.45, 7) is 11.6. The molecule has 1 aromatic heterocycles. The van der Waals surface area contributed by atoms with Gasteiger partial charge in [0.2, 0.25) is 11.8 Å². The normalized spacial score (nSPS) is 18.8. The molecule has 2 fully saturated rings. The van der Waals surface area contributed by atoms with Crippen LogP contribution in [0.5, 0.6) is 17.8 Å². The zero-order chi connectivity index (χ0) is 36.0. The van der Waals surface area contributed by atoms with Crippen molar-refractivity contribution in [2.45, 2.75) is 77.4 Å². The van der Waals surface area contributed by atoms with E-state index in [1.54, 1.807) is 6.92 Å². The van der Waals surface area contributed by atoms with Crippen molar-refractivity contribution in [3.8, 4) is 17.8 Å². The molecule has 2 atom stereocenters. The number of carbonyl (C=O) groups is 1. The fraction of sp³-hybridized carbons (Fsp3) is 0.541. The van der Waals surface area contributed by atoms with E-state index in [4.69, 9.17) is 14.2 Å². The molecule has 272 valence electrons. The molecule has 0 radical (unpaired) electrons. The smallest absolute Gasteiger partial charge is 0.422 e. The number of aromatic nitrogens is 2. The SMILES string of the molecule is CCOc1nc(OC)c(CN2CC3CN(C(=O)N(C(C)C)C(C)C)CCN3C(C(c3ccccc3)c3ccccc3)C2)c(OCC(F)(F)F)n1. The van der Waals surface area contributed by atoms with E-state index in [1.165, 1.54) is 7.11 Å². The van der Waals surface area contributed by atoms with Crippen molar-refractivity contribution in [1.82, 2.24) is 29.6 Å². The molecule has 13 heteroatoms. The van der Waals surface area contributed by atoms with E-state index in [2.05, 4.69) is 44.0 Å². The number of amides is 2. The van der Waals surface area contributed by atoms with Gasteiger partial charge >= 0.3 is 18.2 Å². The number of urea groups is 1. The van der Waals surface area contributed by atoms with Crippen LogP contribution in [0.4, 0.5) is 18.0 Å². The molecule has 0 saturated carbocycles. The summed E-state index contributed by atoms with van der Waals surface area (Å²) in [7, 11) is 1.41. The average molecular weight is 699 g/mol. The van der Waals surface area contributed by atoms with Crippen LogP contribution in [0.3, 0.4) is 0 Å². The summed E-state index contributed by atoms with van der Waals surface area (Å²) in [6, 6.07) is 20.6. The number of piperazine rings is 2. The lowest BCUT2D eigenvalue weighted by molar-refractivity contribution is -0.154. The number of hydrogen-bond donors (Lipinski definition) is 0. The molecule has 3 aromatic rings. The van der Waals surface area contributed by atoms with Gasteiger partial charge in [-0.15, -0.1) is 0 Å². The summed E-state index contributed by atoms with van der Waals surface area (Å²) >= 11 is 0. The molecule has 2 saturated heterocycles. The summed E-state index contributed by atoms with van der Waals surface area (Å²) < 4.78 is 56.5. The molecule has 2 unspecified atom stereocenters. The van der Waals surface area contributed by atoms with Crippen LogP contribution in [0.1, 0.15) is 57.2 Å². The summed E-state index contributed by atoms with van der Waals surface area (Å²) in [5.41, 5.74) is 2.62. The highest BCUT2D eigenvalue weighted by atomic mass is 19.4. The van der Waals surface area contributed by atoms with E-state index < -0.39 is 12.8 Å². The minimum Gasteiger partial charge on any atom is -0.481 e. The van der Waals surface area contributed by atoms with Gasteiger partial charge in [-0.25, -0.2) is 4.79 Å². The van der Waals surface area contributed by atoms with Crippen molar-refractivity contribution < 1.29 is 32.2 Å². The van der Waals surface area contributed by atoms with Gasteiger partial charge in [0, 0.05) is 69.4 Å². The van der Waals surface area contributed by atoms with Crippen LogP contribution in [-0.2, 0) is 6.54 Å². The minimum absolute atomic E-state index is 0.00964. The molecular formula is C37H49F3N6O4. The Bertz CT molecular complexity index is 1500. The quantitative estimate of drug-likeness (QED) is 0.226. The first-order chi connectivity index (χ1) is 23.9. The van der Waals surface area contributed by atoms with Gasteiger partial charge in [-0.1, -0.05) is 60.7 Å². The first-order valence-electron chi connectivity index (χ1n) is 17.3. The van der Waals surface area contributed by atoms with Crippen LogP contribution in [0.15, 0.2) is 60.7 Å². The van der Waals surface area contributed by atoms with E-state index in [0.29, 0.717) is 38.3 Å². The molecule has 2 aromatic carbocycles. The molecule has 10 nitrogen and oxygen atoms in total. The Morgan fingerprint density at radius 3 is 2.02 bits per heavy atom. The van der Waals surface area contributed by atoms with Crippen LogP contribution in [0.2, 0.25) is 0 Å². The lowest BCUT2D eigenvalue weighted by Gasteiger charge is -2.54. The number of alkyl halides is 3. The van der Waals surface area contributed by atoms with E-state index in [9.17, 15) is 18.0 Å². The number of nitrogens with zero attached hydrogens (tertiary/aromatic N) is 6. The molecule has 0 spiro atoms. The minimum atomic E-state index is -4.57. The monoisotopic (exact) mass is 698 g/mol. The van der Waals surface area contributed by atoms with Gasteiger partial charge in [-0.3, -0.25) is 9.80 Å². The van der Waals surface area contributed by atoms with Gasteiger partial charge < -0.3 is 24.0 Å². The largest absolute Gasteiger partial charge is 0.481 e. The van der Waals surface area contributed by atoms with Crippen LogP contribution in [0.25, 0.3) is 0 Å². The van der Waals surface area contributed by atoms with Crippen LogP contribution >= 0.6 is 0 Å². The second-order valence-corrected chi connectivity index (χ2v) is 13.4. The Morgan fingerprint density at radius 1 is 0.880 bits per heavy atom. The van der Waals surface area contributed by atoms with E-state index >= 15 is 0 Å². The van der Waals surface area contributed by atoms with Gasteiger partial charge in [0.05, 0.1) is 19.3 Å². The Labute approximate surface area is 293 Å². The van der Waals surface area contributed by atoms with Gasteiger partial charge in [-0.2, -0.15) is 23.1 Å². The topological polar surface area (TPSA) is 83.5 Å². The van der Waals surface area contributed by atoms with Crippen LogP contribution in [0, 0.1) is 0 Å². The third kappa shape index (κ3) is 8.79. The second-order valence-electron chi connectivity index (χ2n) is 13.4. The summed E-state index contributed by atoms with van der Waals surface area (Å²) in [4.78, 5) is 31.1. The van der Waals surface area contributed by atoms with Crippen LogP contribution in [-0.4, -0.2) is 119 Å². The number of carbonyl (C=O) groups excluding carboxylic acids is 1. The maximum Gasteiger partial charge on any atom is 0.422 e. The number of ether oxygens (including phenoxy) is 3. The van der Waals surface area contributed by atoms with Gasteiger partial charge in [0.1, 0.15) is 0 Å². The first kappa shape index (κ1) is 37.2.